The van der Waals surface area contributed by atoms with Crippen molar-refractivity contribution in [1.82, 2.24) is 25.4 Å². The summed E-state index contributed by atoms with van der Waals surface area (Å²) in [5.74, 6) is 0.464. The quantitative estimate of drug-likeness (QED) is 0.515. The van der Waals surface area contributed by atoms with Gasteiger partial charge in [0.05, 0.1) is 18.4 Å². The van der Waals surface area contributed by atoms with Gasteiger partial charge >= 0.3 is 6.18 Å². The first-order valence-corrected chi connectivity index (χ1v) is 8.89. The van der Waals surface area contributed by atoms with Gasteiger partial charge in [0, 0.05) is 30.7 Å². The fraction of sp³-hybridized carbons (Fsp3) is 0.235. The van der Waals surface area contributed by atoms with E-state index in [9.17, 15) is 13.2 Å². The third-order valence-electron chi connectivity index (χ3n) is 3.59. The Bertz CT molecular complexity index is 901. The molecular weight excluding hydrogens is 377 g/mol. The molecule has 0 radical (unpaired) electrons. The average molecular weight is 394 g/mol. The largest absolute Gasteiger partial charge is 0.434 e. The summed E-state index contributed by atoms with van der Waals surface area (Å²) < 4.78 is 39.5. The van der Waals surface area contributed by atoms with E-state index < -0.39 is 11.9 Å². The molecule has 0 fully saturated rings. The van der Waals surface area contributed by atoms with Crippen molar-refractivity contribution in [2.24, 2.45) is 4.99 Å². The third kappa shape index (κ3) is 5.07. The van der Waals surface area contributed by atoms with E-state index in [4.69, 9.17) is 0 Å². The van der Waals surface area contributed by atoms with Gasteiger partial charge in [-0.3, -0.25) is 4.99 Å². The minimum absolute atomic E-state index is 0.156. The molecule has 0 aliphatic carbocycles. The summed E-state index contributed by atoms with van der Waals surface area (Å²) >= 11 is 0.955. The highest BCUT2D eigenvalue weighted by molar-refractivity contribution is 7.09. The molecule has 0 bridgehead atoms. The van der Waals surface area contributed by atoms with Crippen molar-refractivity contribution >= 4 is 17.3 Å². The van der Waals surface area contributed by atoms with E-state index in [1.807, 2.05) is 36.5 Å². The van der Waals surface area contributed by atoms with Gasteiger partial charge in [-0.2, -0.15) is 18.3 Å². The van der Waals surface area contributed by atoms with Gasteiger partial charge in [-0.15, -0.1) is 11.3 Å². The maximum Gasteiger partial charge on any atom is 0.434 e. The topological polar surface area (TPSA) is 67.1 Å². The van der Waals surface area contributed by atoms with Crippen molar-refractivity contribution in [1.29, 1.82) is 0 Å². The molecule has 3 aromatic rings. The van der Waals surface area contributed by atoms with Crippen LogP contribution in [-0.4, -0.2) is 27.8 Å². The number of hydrogen-bond acceptors (Lipinski definition) is 4. The van der Waals surface area contributed by atoms with Crippen LogP contribution >= 0.6 is 11.3 Å². The summed E-state index contributed by atoms with van der Waals surface area (Å²) in [4.78, 5) is 7.64. The first-order chi connectivity index (χ1) is 13.0. The van der Waals surface area contributed by atoms with E-state index >= 15 is 0 Å². The number of nitrogens with zero attached hydrogens (tertiary/aromatic N) is 4. The SMILES string of the molecule is CN=C(NCc1cnn(-c2ccccc2)c1)NCc1nc(C(F)(F)F)cs1. The minimum Gasteiger partial charge on any atom is -0.352 e. The molecular formula is C17H17F3N6S. The highest BCUT2D eigenvalue weighted by Gasteiger charge is 2.33. The molecule has 3 rings (SSSR count). The molecule has 1 aromatic carbocycles. The lowest BCUT2D eigenvalue weighted by Gasteiger charge is -2.10. The van der Waals surface area contributed by atoms with E-state index in [0.717, 1.165) is 28.0 Å². The third-order valence-corrected chi connectivity index (χ3v) is 4.44. The fourth-order valence-corrected chi connectivity index (χ4v) is 3.00. The van der Waals surface area contributed by atoms with Gasteiger partial charge in [0.25, 0.3) is 0 Å². The summed E-state index contributed by atoms with van der Waals surface area (Å²) in [6.07, 6.45) is -0.788. The number of thiazole rings is 1. The molecule has 0 saturated carbocycles. The summed E-state index contributed by atoms with van der Waals surface area (Å²) in [5.41, 5.74) is 1.02. The number of nitrogens with one attached hydrogen (secondary N) is 2. The molecule has 142 valence electrons. The Labute approximate surface area is 157 Å². The Balaban J connectivity index is 1.52. The van der Waals surface area contributed by atoms with Crippen molar-refractivity contribution in [2.75, 3.05) is 7.05 Å². The number of rotatable bonds is 5. The van der Waals surface area contributed by atoms with Crippen LogP contribution in [0, 0.1) is 0 Å². The van der Waals surface area contributed by atoms with E-state index in [-0.39, 0.29) is 6.54 Å². The van der Waals surface area contributed by atoms with E-state index in [0.29, 0.717) is 17.5 Å². The lowest BCUT2D eigenvalue weighted by molar-refractivity contribution is -0.140. The van der Waals surface area contributed by atoms with Gasteiger partial charge in [-0.05, 0) is 12.1 Å². The average Bonchev–Trinajstić information content (AvgIpc) is 3.32. The predicted molar refractivity (Wildman–Crippen MR) is 97.7 cm³/mol. The van der Waals surface area contributed by atoms with Crippen LogP contribution < -0.4 is 10.6 Å². The molecule has 0 aliphatic heterocycles. The van der Waals surface area contributed by atoms with Gasteiger partial charge in [0.1, 0.15) is 5.01 Å². The number of halogens is 3. The molecule has 0 spiro atoms. The number of alkyl halides is 3. The molecule has 2 N–H and O–H groups in total. The number of guanidine groups is 1. The van der Waals surface area contributed by atoms with Crippen LogP contribution in [0.2, 0.25) is 0 Å². The Morgan fingerprint density at radius 3 is 2.59 bits per heavy atom. The summed E-state index contributed by atoms with van der Waals surface area (Å²) in [7, 11) is 1.59. The maximum absolute atomic E-state index is 12.6. The van der Waals surface area contributed by atoms with Crippen LogP contribution in [-0.2, 0) is 19.3 Å². The van der Waals surface area contributed by atoms with Crippen LogP contribution in [0.3, 0.4) is 0 Å². The molecule has 2 heterocycles. The zero-order valence-corrected chi connectivity index (χ0v) is 15.2. The number of hydrogen-bond donors (Lipinski definition) is 2. The summed E-state index contributed by atoms with van der Waals surface area (Å²) in [6, 6.07) is 9.71. The fourth-order valence-electron chi connectivity index (χ4n) is 2.26. The van der Waals surface area contributed by atoms with Crippen LogP contribution in [0.1, 0.15) is 16.3 Å². The molecule has 6 nitrogen and oxygen atoms in total. The van der Waals surface area contributed by atoms with Gasteiger partial charge in [0.2, 0.25) is 0 Å². The molecule has 0 unspecified atom stereocenters. The Morgan fingerprint density at radius 2 is 1.93 bits per heavy atom. The number of aromatic nitrogens is 3. The zero-order valence-electron chi connectivity index (χ0n) is 14.4. The predicted octanol–water partition coefficient (Wildman–Crippen LogP) is 3.21. The molecule has 10 heteroatoms. The highest BCUT2D eigenvalue weighted by atomic mass is 32.1. The molecule has 0 aliphatic rings. The maximum atomic E-state index is 12.6. The van der Waals surface area contributed by atoms with Crippen LogP contribution in [0.15, 0.2) is 53.1 Å². The molecule has 0 atom stereocenters. The monoisotopic (exact) mass is 394 g/mol. The number of benzene rings is 1. The Morgan fingerprint density at radius 1 is 1.19 bits per heavy atom. The molecule has 0 saturated heterocycles. The van der Waals surface area contributed by atoms with Crippen molar-refractivity contribution < 1.29 is 13.2 Å². The van der Waals surface area contributed by atoms with Gasteiger partial charge < -0.3 is 10.6 Å². The Kier molecular flexibility index (Phi) is 5.75. The van der Waals surface area contributed by atoms with Crippen molar-refractivity contribution in [3.63, 3.8) is 0 Å². The normalized spacial score (nSPS) is 12.2. The Hall–Kier alpha value is -2.88. The first-order valence-electron chi connectivity index (χ1n) is 8.01. The molecule has 0 amide bonds. The minimum atomic E-state index is -4.42. The molecule has 27 heavy (non-hydrogen) atoms. The van der Waals surface area contributed by atoms with Gasteiger partial charge in [-0.1, -0.05) is 18.2 Å². The molecule has 2 aromatic heterocycles. The van der Waals surface area contributed by atoms with Crippen molar-refractivity contribution in [3.8, 4) is 5.69 Å². The number of aliphatic imine (C=N–C) groups is 1. The smallest absolute Gasteiger partial charge is 0.352 e. The standard InChI is InChI=1S/C17H17F3N6S/c1-21-16(23-9-15-25-14(11-27-15)17(18,19)20)22-7-12-8-24-26(10-12)13-5-3-2-4-6-13/h2-6,8,10-11H,7,9H2,1H3,(H2,21,22,23). The van der Waals surface area contributed by atoms with Crippen LogP contribution in [0.25, 0.3) is 5.69 Å². The second-order valence-electron chi connectivity index (χ2n) is 5.53. The summed E-state index contributed by atoms with van der Waals surface area (Å²) in [5, 5.41) is 11.7. The highest BCUT2D eigenvalue weighted by Crippen LogP contribution is 2.29. The summed E-state index contributed by atoms with van der Waals surface area (Å²) in [6.45, 7) is 0.627. The van der Waals surface area contributed by atoms with E-state index in [2.05, 4.69) is 25.7 Å². The number of para-hydroxylation sites is 1. The van der Waals surface area contributed by atoms with Crippen molar-refractivity contribution in [3.05, 3.63) is 64.4 Å². The second-order valence-corrected chi connectivity index (χ2v) is 6.47. The van der Waals surface area contributed by atoms with E-state index in [1.165, 1.54) is 0 Å². The first kappa shape index (κ1) is 18.9. The second kappa shape index (κ2) is 8.21. The van der Waals surface area contributed by atoms with Gasteiger partial charge in [-0.25, -0.2) is 9.67 Å². The van der Waals surface area contributed by atoms with Crippen LogP contribution in [0.5, 0.6) is 0 Å². The van der Waals surface area contributed by atoms with Crippen LogP contribution in [0.4, 0.5) is 13.2 Å². The zero-order chi connectivity index (χ0) is 19.3. The van der Waals surface area contributed by atoms with E-state index in [1.54, 1.807) is 17.9 Å². The lowest BCUT2D eigenvalue weighted by atomic mass is 10.3. The lowest BCUT2D eigenvalue weighted by Crippen LogP contribution is -2.36. The van der Waals surface area contributed by atoms with Crippen molar-refractivity contribution in [2.45, 2.75) is 19.3 Å². The van der Waals surface area contributed by atoms with Gasteiger partial charge in [0.15, 0.2) is 11.7 Å².